The molecule has 0 radical (unpaired) electrons. The summed E-state index contributed by atoms with van der Waals surface area (Å²) >= 11 is 0. The Morgan fingerprint density at radius 3 is 2.82 bits per heavy atom. The Kier molecular flexibility index (Phi) is 3.97. The monoisotopic (exact) mass is 239 g/mol. The largest absolute Gasteiger partial charge is 0.491 e. The van der Waals surface area contributed by atoms with Gasteiger partial charge in [-0.3, -0.25) is 0 Å². The Labute approximate surface area is 101 Å². The Morgan fingerprint density at radius 1 is 1.53 bits per heavy atom. The van der Waals surface area contributed by atoms with Crippen LogP contribution in [0.1, 0.15) is 31.4 Å². The Hall–Kier alpha value is -1.13. The zero-order valence-electron chi connectivity index (χ0n) is 9.95. The molecule has 17 heavy (non-hydrogen) atoms. The minimum atomic E-state index is -0.375. The van der Waals surface area contributed by atoms with Crippen LogP contribution in [0.5, 0.6) is 5.75 Å². The molecule has 3 nitrogen and oxygen atoms in total. The number of hydrogen-bond acceptors (Lipinski definition) is 3. The summed E-state index contributed by atoms with van der Waals surface area (Å²) in [5.74, 6) is -0.111. The SMILES string of the molecule is CCOc1ccc(C(CO)NC2CC2)cc1F. The number of aliphatic hydroxyl groups is 1. The number of nitrogens with one attached hydrogen (secondary N) is 1. The molecule has 0 aromatic heterocycles. The first-order valence-corrected chi connectivity index (χ1v) is 6.03. The summed E-state index contributed by atoms with van der Waals surface area (Å²) < 4.78 is 18.8. The Balaban J connectivity index is 2.10. The summed E-state index contributed by atoms with van der Waals surface area (Å²) in [6.07, 6.45) is 2.27. The first-order valence-electron chi connectivity index (χ1n) is 6.03. The molecule has 0 saturated heterocycles. The summed E-state index contributed by atoms with van der Waals surface area (Å²) in [6.45, 7) is 2.24. The maximum absolute atomic E-state index is 13.7. The fraction of sp³-hybridized carbons (Fsp3) is 0.538. The predicted molar refractivity (Wildman–Crippen MR) is 63.6 cm³/mol. The zero-order valence-corrected chi connectivity index (χ0v) is 9.95. The summed E-state index contributed by atoms with van der Waals surface area (Å²) in [7, 11) is 0. The fourth-order valence-electron chi connectivity index (χ4n) is 1.80. The smallest absolute Gasteiger partial charge is 0.165 e. The summed E-state index contributed by atoms with van der Waals surface area (Å²) in [4.78, 5) is 0. The molecule has 4 heteroatoms. The van der Waals surface area contributed by atoms with Gasteiger partial charge in [-0.2, -0.15) is 0 Å². The van der Waals surface area contributed by atoms with Gasteiger partial charge in [-0.1, -0.05) is 6.07 Å². The van der Waals surface area contributed by atoms with E-state index in [2.05, 4.69) is 5.32 Å². The van der Waals surface area contributed by atoms with E-state index in [9.17, 15) is 9.50 Å². The molecule has 2 rings (SSSR count). The van der Waals surface area contributed by atoms with Gasteiger partial charge >= 0.3 is 0 Å². The van der Waals surface area contributed by atoms with Gasteiger partial charge in [-0.15, -0.1) is 0 Å². The van der Waals surface area contributed by atoms with Crippen molar-refractivity contribution >= 4 is 0 Å². The van der Waals surface area contributed by atoms with Gasteiger partial charge in [0.05, 0.1) is 19.3 Å². The van der Waals surface area contributed by atoms with Crippen molar-refractivity contribution in [2.45, 2.75) is 31.8 Å². The lowest BCUT2D eigenvalue weighted by molar-refractivity contribution is 0.242. The van der Waals surface area contributed by atoms with E-state index in [-0.39, 0.29) is 24.2 Å². The number of benzene rings is 1. The highest BCUT2D eigenvalue weighted by atomic mass is 19.1. The third-order valence-corrected chi connectivity index (χ3v) is 2.85. The van der Waals surface area contributed by atoms with Crippen molar-refractivity contribution < 1.29 is 14.2 Å². The quantitative estimate of drug-likeness (QED) is 0.798. The highest BCUT2D eigenvalue weighted by Crippen LogP contribution is 2.26. The van der Waals surface area contributed by atoms with E-state index in [1.54, 1.807) is 12.1 Å². The maximum atomic E-state index is 13.7. The van der Waals surface area contributed by atoms with Gasteiger partial charge in [0.1, 0.15) is 0 Å². The molecule has 2 N–H and O–H groups in total. The van der Waals surface area contributed by atoms with Crippen LogP contribution >= 0.6 is 0 Å². The first kappa shape index (κ1) is 12.3. The van der Waals surface area contributed by atoms with Crippen LogP contribution < -0.4 is 10.1 Å². The fourth-order valence-corrected chi connectivity index (χ4v) is 1.80. The Bertz CT molecular complexity index is 380. The third kappa shape index (κ3) is 3.17. The molecule has 0 bridgehead atoms. The minimum absolute atomic E-state index is 0.0239. The standard InChI is InChI=1S/C13H18FNO2/c1-2-17-13-6-3-9(7-11(13)14)12(8-16)15-10-4-5-10/h3,6-7,10,12,15-16H,2,4-5,8H2,1H3. The number of hydrogen-bond donors (Lipinski definition) is 2. The highest BCUT2D eigenvalue weighted by Gasteiger charge is 2.25. The van der Waals surface area contributed by atoms with Gasteiger partial charge in [-0.25, -0.2) is 4.39 Å². The van der Waals surface area contributed by atoms with Crippen LogP contribution in [0.25, 0.3) is 0 Å². The van der Waals surface area contributed by atoms with E-state index >= 15 is 0 Å². The lowest BCUT2D eigenvalue weighted by atomic mass is 10.1. The van der Waals surface area contributed by atoms with Crippen molar-refractivity contribution in [1.29, 1.82) is 0 Å². The molecule has 1 aromatic carbocycles. The van der Waals surface area contributed by atoms with Crippen LogP contribution in [0.3, 0.4) is 0 Å². The van der Waals surface area contributed by atoms with E-state index in [1.807, 2.05) is 6.92 Å². The molecule has 1 saturated carbocycles. The van der Waals surface area contributed by atoms with Gasteiger partial charge in [0.25, 0.3) is 0 Å². The molecule has 94 valence electrons. The lowest BCUT2D eigenvalue weighted by Crippen LogP contribution is -2.26. The third-order valence-electron chi connectivity index (χ3n) is 2.85. The average molecular weight is 239 g/mol. The molecule has 1 atom stereocenters. The van der Waals surface area contributed by atoms with Crippen molar-refractivity contribution in [2.75, 3.05) is 13.2 Å². The van der Waals surface area contributed by atoms with Gasteiger partial charge in [0.2, 0.25) is 0 Å². The molecule has 0 spiro atoms. The molecule has 1 aromatic rings. The van der Waals surface area contributed by atoms with Gasteiger partial charge in [0.15, 0.2) is 11.6 Å². The van der Waals surface area contributed by atoms with Crippen molar-refractivity contribution in [1.82, 2.24) is 5.32 Å². The highest BCUT2D eigenvalue weighted by molar-refractivity contribution is 5.31. The molecular formula is C13H18FNO2. The van der Waals surface area contributed by atoms with Crippen molar-refractivity contribution in [3.8, 4) is 5.75 Å². The normalized spacial score (nSPS) is 16.9. The molecule has 1 unspecified atom stereocenters. The molecule has 1 aliphatic carbocycles. The molecule has 0 heterocycles. The topological polar surface area (TPSA) is 41.5 Å². The lowest BCUT2D eigenvalue weighted by Gasteiger charge is -2.17. The molecule has 1 aliphatic rings. The number of aliphatic hydroxyl groups excluding tert-OH is 1. The maximum Gasteiger partial charge on any atom is 0.165 e. The molecule has 1 fully saturated rings. The number of rotatable bonds is 6. The van der Waals surface area contributed by atoms with Crippen LogP contribution in [-0.4, -0.2) is 24.4 Å². The first-order chi connectivity index (χ1) is 8.24. The Morgan fingerprint density at radius 2 is 2.29 bits per heavy atom. The van der Waals surface area contributed by atoms with Crippen LogP contribution in [-0.2, 0) is 0 Å². The zero-order chi connectivity index (χ0) is 12.3. The van der Waals surface area contributed by atoms with E-state index in [0.29, 0.717) is 12.6 Å². The van der Waals surface area contributed by atoms with Crippen molar-refractivity contribution in [3.05, 3.63) is 29.6 Å². The number of halogens is 1. The van der Waals surface area contributed by atoms with E-state index < -0.39 is 0 Å². The van der Waals surface area contributed by atoms with Gasteiger partial charge in [-0.05, 0) is 37.5 Å². The van der Waals surface area contributed by atoms with Crippen molar-refractivity contribution in [2.24, 2.45) is 0 Å². The van der Waals surface area contributed by atoms with Crippen LogP contribution in [0, 0.1) is 5.82 Å². The predicted octanol–water partition coefficient (Wildman–Crippen LogP) is 2.01. The average Bonchev–Trinajstić information content (AvgIpc) is 3.13. The molecular weight excluding hydrogens is 221 g/mol. The van der Waals surface area contributed by atoms with Gasteiger partial charge < -0.3 is 15.2 Å². The summed E-state index contributed by atoms with van der Waals surface area (Å²) in [5.41, 5.74) is 0.764. The van der Waals surface area contributed by atoms with E-state index in [1.165, 1.54) is 6.07 Å². The van der Waals surface area contributed by atoms with Crippen LogP contribution in [0.2, 0.25) is 0 Å². The van der Waals surface area contributed by atoms with Crippen LogP contribution in [0.15, 0.2) is 18.2 Å². The molecule has 0 amide bonds. The summed E-state index contributed by atoms with van der Waals surface area (Å²) in [5, 5.41) is 12.6. The summed E-state index contributed by atoms with van der Waals surface area (Å²) in [6, 6.07) is 5.13. The van der Waals surface area contributed by atoms with Crippen LogP contribution in [0.4, 0.5) is 4.39 Å². The second kappa shape index (κ2) is 5.47. The van der Waals surface area contributed by atoms with E-state index in [4.69, 9.17) is 4.74 Å². The molecule has 0 aliphatic heterocycles. The minimum Gasteiger partial charge on any atom is -0.491 e. The van der Waals surface area contributed by atoms with Crippen molar-refractivity contribution in [3.63, 3.8) is 0 Å². The van der Waals surface area contributed by atoms with Gasteiger partial charge in [0, 0.05) is 6.04 Å². The second-order valence-electron chi connectivity index (χ2n) is 4.30. The van der Waals surface area contributed by atoms with E-state index in [0.717, 1.165) is 18.4 Å². The second-order valence-corrected chi connectivity index (χ2v) is 4.30. The number of ether oxygens (including phenoxy) is 1.